The lowest BCUT2D eigenvalue weighted by molar-refractivity contribution is 0.437. The summed E-state index contributed by atoms with van der Waals surface area (Å²) >= 11 is 1.60. The van der Waals surface area contributed by atoms with E-state index in [9.17, 15) is 8.42 Å². The summed E-state index contributed by atoms with van der Waals surface area (Å²) in [4.78, 5) is 7.29. The fourth-order valence-corrected chi connectivity index (χ4v) is 6.12. The number of hydrogen-bond donors (Lipinski definition) is 0. The van der Waals surface area contributed by atoms with Gasteiger partial charge in [0, 0.05) is 13.1 Å². The minimum atomic E-state index is -3.84. The number of thiophene rings is 1. The van der Waals surface area contributed by atoms with E-state index in [1.807, 2.05) is 31.4 Å². The molecule has 1 aliphatic rings. The van der Waals surface area contributed by atoms with Gasteiger partial charge >= 0.3 is 0 Å². The first-order chi connectivity index (χ1) is 14.4. The molecule has 30 heavy (non-hydrogen) atoms. The molecule has 1 aliphatic heterocycles. The van der Waals surface area contributed by atoms with Gasteiger partial charge in [-0.15, -0.1) is 16.4 Å². The zero-order valence-corrected chi connectivity index (χ0v) is 18.8. The van der Waals surface area contributed by atoms with Gasteiger partial charge < -0.3 is 4.90 Å². The van der Waals surface area contributed by atoms with Gasteiger partial charge in [0.1, 0.15) is 0 Å². The van der Waals surface area contributed by atoms with Crippen LogP contribution in [0.4, 0.5) is 5.82 Å². The molecule has 4 aromatic rings. The van der Waals surface area contributed by atoms with Crippen molar-refractivity contribution in [2.24, 2.45) is 5.92 Å². The van der Waals surface area contributed by atoms with Gasteiger partial charge in [0.25, 0.3) is 0 Å². The van der Waals surface area contributed by atoms with Crippen LogP contribution in [0.1, 0.15) is 30.9 Å². The molecule has 1 aromatic carbocycles. The second-order valence-corrected chi connectivity index (χ2v) is 10.9. The molecular formula is C21H23N5O2S2. The summed E-state index contributed by atoms with van der Waals surface area (Å²) in [7, 11) is -3.84. The van der Waals surface area contributed by atoms with E-state index in [0.717, 1.165) is 53.1 Å². The van der Waals surface area contributed by atoms with Crippen molar-refractivity contribution in [2.45, 2.75) is 43.5 Å². The third-order valence-corrected chi connectivity index (χ3v) is 8.58. The highest BCUT2D eigenvalue weighted by Crippen LogP contribution is 2.34. The summed E-state index contributed by atoms with van der Waals surface area (Å²) in [5, 5.41) is 10.1. The average Bonchev–Trinajstić information content (AvgIpc) is 3.37. The number of hydrogen-bond acceptors (Lipinski definition) is 7. The van der Waals surface area contributed by atoms with E-state index in [1.54, 1.807) is 28.0 Å². The van der Waals surface area contributed by atoms with E-state index in [0.29, 0.717) is 5.92 Å². The number of rotatable bonds is 3. The number of aromatic nitrogens is 4. The van der Waals surface area contributed by atoms with Crippen LogP contribution in [0.25, 0.3) is 15.9 Å². The SMILES string of the molecule is Cc1ccc(S(=O)(=O)c2nnn3c2nc(N2CCC(C)CC2)c2sccc23)cc1C. The standard InChI is InChI=1S/C21H23N5O2S2/c1-13-6-9-25(10-7-13)19-18-17(8-11-29-18)26-20(22-19)21(23-24-26)30(27,28)16-5-4-14(2)15(3)12-16/h4-5,8,11-13H,6-7,9-10H2,1-3H3. The van der Waals surface area contributed by atoms with Crippen LogP contribution in [0.15, 0.2) is 39.6 Å². The molecule has 4 heterocycles. The Kier molecular flexibility index (Phi) is 4.55. The zero-order valence-electron chi connectivity index (χ0n) is 17.2. The fourth-order valence-electron chi connectivity index (χ4n) is 3.91. The van der Waals surface area contributed by atoms with Gasteiger partial charge in [0.05, 0.1) is 15.1 Å². The third kappa shape index (κ3) is 2.99. The van der Waals surface area contributed by atoms with Crippen molar-refractivity contribution in [1.82, 2.24) is 19.8 Å². The fraction of sp³-hybridized carbons (Fsp3) is 0.381. The van der Waals surface area contributed by atoms with Gasteiger partial charge in [-0.3, -0.25) is 0 Å². The molecular weight excluding hydrogens is 418 g/mol. The predicted octanol–water partition coefficient (Wildman–Crippen LogP) is 4.02. The Bertz CT molecular complexity index is 1370. The van der Waals surface area contributed by atoms with Crippen molar-refractivity contribution in [3.8, 4) is 0 Å². The van der Waals surface area contributed by atoms with Crippen LogP contribution < -0.4 is 4.90 Å². The van der Waals surface area contributed by atoms with E-state index in [4.69, 9.17) is 4.98 Å². The van der Waals surface area contributed by atoms with Gasteiger partial charge in [0.2, 0.25) is 14.9 Å². The first kappa shape index (κ1) is 19.4. The number of aryl methyl sites for hydroxylation is 2. The Morgan fingerprint density at radius 2 is 1.87 bits per heavy atom. The van der Waals surface area contributed by atoms with E-state index in [1.165, 1.54) is 0 Å². The van der Waals surface area contributed by atoms with Crippen LogP contribution in [-0.2, 0) is 9.84 Å². The zero-order chi connectivity index (χ0) is 21.0. The van der Waals surface area contributed by atoms with Gasteiger partial charge in [-0.2, -0.15) is 4.52 Å². The molecule has 0 atom stereocenters. The Labute approximate surface area is 179 Å². The Balaban J connectivity index is 1.71. The summed E-state index contributed by atoms with van der Waals surface area (Å²) in [6.45, 7) is 7.96. The minimum Gasteiger partial charge on any atom is -0.355 e. The molecule has 1 fully saturated rings. The number of benzene rings is 1. The van der Waals surface area contributed by atoms with Crippen LogP contribution in [0.3, 0.4) is 0 Å². The lowest BCUT2D eigenvalue weighted by atomic mass is 9.99. The highest BCUT2D eigenvalue weighted by atomic mass is 32.2. The first-order valence-corrected chi connectivity index (χ1v) is 12.4. The monoisotopic (exact) mass is 441 g/mol. The molecule has 5 rings (SSSR count). The van der Waals surface area contributed by atoms with Gasteiger partial charge in [-0.1, -0.05) is 18.2 Å². The molecule has 0 N–H and O–H groups in total. The van der Waals surface area contributed by atoms with Gasteiger partial charge in [-0.25, -0.2) is 13.4 Å². The summed E-state index contributed by atoms with van der Waals surface area (Å²) in [5.41, 5.74) is 3.09. The highest BCUT2D eigenvalue weighted by molar-refractivity contribution is 7.91. The highest BCUT2D eigenvalue weighted by Gasteiger charge is 2.29. The van der Waals surface area contributed by atoms with Crippen molar-refractivity contribution in [2.75, 3.05) is 18.0 Å². The Morgan fingerprint density at radius 3 is 2.60 bits per heavy atom. The lowest BCUT2D eigenvalue weighted by Gasteiger charge is -2.31. The quantitative estimate of drug-likeness (QED) is 0.478. The van der Waals surface area contributed by atoms with Crippen molar-refractivity contribution in [3.05, 3.63) is 40.8 Å². The molecule has 0 saturated carbocycles. The number of anilines is 1. The number of nitrogens with zero attached hydrogens (tertiary/aromatic N) is 5. The van der Waals surface area contributed by atoms with Crippen LogP contribution in [0.5, 0.6) is 0 Å². The maximum absolute atomic E-state index is 13.4. The lowest BCUT2D eigenvalue weighted by Crippen LogP contribution is -2.33. The second kappa shape index (κ2) is 7.02. The van der Waals surface area contributed by atoms with Gasteiger partial charge in [-0.05, 0) is 67.3 Å². The van der Waals surface area contributed by atoms with Crippen LogP contribution in [-0.4, -0.2) is 41.3 Å². The topological polar surface area (TPSA) is 80.5 Å². The summed E-state index contributed by atoms with van der Waals surface area (Å²) in [6, 6.07) is 7.08. The molecule has 0 amide bonds. The molecule has 0 radical (unpaired) electrons. The normalized spacial score (nSPS) is 16.0. The van der Waals surface area contributed by atoms with E-state index in [-0.39, 0.29) is 15.6 Å². The third-order valence-electron chi connectivity index (χ3n) is 6.03. The molecule has 0 spiro atoms. The number of sulfone groups is 1. The maximum atomic E-state index is 13.4. The summed E-state index contributed by atoms with van der Waals surface area (Å²) in [6.07, 6.45) is 2.20. The van der Waals surface area contributed by atoms with E-state index >= 15 is 0 Å². The van der Waals surface area contributed by atoms with Crippen LogP contribution in [0, 0.1) is 19.8 Å². The first-order valence-electron chi connectivity index (χ1n) is 10.1. The summed E-state index contributed by atoms with van der Waals surface area (Å²) < 4.78 is 29.4. The van der Waals surface area contributed by atoms with E-state index < -0.39 is 9.84 Å². The van der Waals surface area contributed by atoms with Gasteiger partial charge in [0.15, 0.2) is 11.5 Å². The van der Waals surface area contributed by atoms with Crippen molar-refractivity contribution >= 4 is 42.9 Å². The van der Waals surface area contributed by atoms with Crippen LogP contribution >= 0.6 is 11.3 Å². The molecule has 156 valence electrons. The maximum Gasteiger partial charge on any atom is 0.229 e. The van der Waals surface area contributed by atoms with Crippen molar-refractivity contribution < 1.29 is 8.42 Å². The molecule has 9 heteroatoms. The Morgan fingerprint density at radius 1 is 1.10 bits per heavy atom. The largest absolute Gasteiger partial charge is 0.355 e. The van der Waals surface area contributed by atoms with Crippen LogP contribution in [0.2, 0.25) is 0 Å². The molecule has 0 unspecified atom stereocenters. The number of fused-ring (bicyclic) bond motifs is 3. The molecule has 0 bridgehead atoms. The van der Waals surface area contributed by atoms with Crippen molar-refractivity contribution in [1.29, 1.82) is 0 Å². The van der Waals surface area contributed by atoms with E-state index in [2.05, 4.69) is 22.1 Å². The minimum absolute atomic E-state index is 0.0921. The summed E-state index contributed by atoms with van der Waals surface area (Å²) in [5.74, 6) is 1.53. The van der Waals surface area contributed by atoms with Crippen molar-refractivity contribution in [3.63, 3.8) is 0 Å². The molecule has 0 aliphatic carbocycles. The molecule has 7 nitrogen and oxygen atoms in total. The molecule has 1 saturated heterocycles. The number of piperidine rings is 1. The Hall–Kier alpha value is -2.52. The average molecular weight is 442 g/mol. The smallest absolute Gasteiger partial charge is 0.229 e. The molecule has 3 aromatic heterocycles. The predicted molar refractivity (Wildman–Crippen MR) is 118 cm³/mol. The second-order valence-electron chi connectivity index (χ2n) is 8.12.